The lowest BCUT2D eigenvalue weighted by molar-refractivity contribution is -0.143. The van der Waals surface area contributed by atoms with Crippen molar-refractivity contribution >= 4 is 5.97 Å². The molecule has 0 heterocycles. The second-order valence-corrected chi connectivity index (χ2v) is 6.09. The molecule has 0 radical (unpaired) electrons. The van der Waals surface area contributed by atoms with E-state index in [2.05, 4.69) is 60.7 Å². The first-order valence-corrected chi connectivity index (χ1v) is 8.33. The van der Waals surface area contributed by atoms with E-state index in [0.717, 1.165) is 12.0 Å². The summed E-state index contributed by atoms with van der Waals surface area (Å²) in [5.74, 6) is -0.0685. The van der Waals surface area contributed by atoms with Gasteiger partial charge in [-0.1, -0.05) is 72.8 Å². The van der Waals surface area contributed by atoms with Gasteiger partial charge in [-0.3, -0.25) is 4.79 Å². The Kier molecular flexibility index (Phi) is 4.95. The lowest BCUT2D eigenvalue weighted by atomic mass is 9.82. The minimum absolute atomic E-state index is 0.176. The Bertz CT molecular complexity index is 718. The molecule has 0 saturated heterocycles. The third-order valence-electron chi connectivity index (χ3n) is 4.40. The van der Waals surface area contributed by atoms with Gasteiger partial charge in [-0.2, -0.15) is 0 Å². The first-order chi connectivity index (χ1) is 11.7. The molecule has 2 aromatic rings. The fourth-order valence-electron chi connectivity index (χ4n) is 3.42. The number of hydrogen-bond donors (Lipinski definition) is 0. The summed E-state index contributed by atoms with van der Waals surface area (Å²) in [4.78, 5) is 11.4. The molecule has 0 bridgehead atoms. The van der Waals surface area contributed by atoms with E-state index in [9.17, 15) is 4.79 Å². The predicted molar refractivity (Wildman–Crippen MR) is 96.7 cm³/mol. The van der Waals surface area contributed by atoms with E-state index in [1.165, 1.54) is 23.6 Å². The van der Waals surface area contributed by atoms with E-state index in [1.807, 2.05) is 19.1 Å². The van der Waals surface area contributed by atoms with Crippen LogP contribution >= 0.6 is 0 Å². The fourth-order valence-corrected chi connectivity index (χ4v) is 3.42. The zero-order valence-electron chi connectivity index (χ0n) is 14.1. The lowest BCUT2D eigenvalue weighted by Gasteiger charge is -2.24. The van der Waals surface area contributed by atoms with E-state index in [4.69, 9.17) is 4.74 Å². The van der Waals surface area contributed by atoms with Crippen molar-refractivity contribution in [2.75, 3.05) is 0 Å². The number of allylic oxidation sites excluding steroid dienone is 2. The summed E-state index contributed by atoms with van der Waals surface area (Å²) in [5, 5.41) is 0. The number of carbonyl (C=O) groups is 1. The zero-order valence-corrected chi connectivity index (χ0v) is 14.1. The van der Waals surface area contributed by atoms with Crippen LogP contribution in [0.2, 0.25) is 0 Å². The van der Waals surface area contributed by atoms with Crippen molar-refractivity contribution < 1.29 is 9.53 Å². The van der Waals surface area contributed by atoms with Crippen LogP contribution in [0, 0.1) is 0 Å². The largest absolute Gasteiger partial charge is 0.458 e. The minimum Gasteiger partial charge on any atom is -0.458 e. The Morgan fingerprint density at radius 2 is 1.50 bits per heavy atom. The quantitative estimate of drug-likeness (QED) is 0.723. The number of carbonyl (C=O) groups excluding carboxylic acids is 1. The first kappa shape index (κ1) is 16.3. The number of esters is 1. The van der Waals surface area contributed by atoms with Gasteiger partial charge in [0.15, 0.2) is 0 Å². The molecule has 2 heteroatoms. The average Bonchev–Trinajstić information content (AvgIpc) is 3.06. The summed E-state index contributed by atoms with van der Waals surface area (Å²) >= 11 is 0. The molecule has 0 fully saturated rings. The zero-order chi connectivity index (χ0) is 16.9. The topological polar surface area (TPSA) is 26.3 Å². The van der Waals surface area contributed by atoms with Crippen LogP contribution in [-0.2, 0) is 9.53 Å². The molecule has 24 heavy (non-hydrogen) atoms. The molecule has 0 spiro atoms. The smallest absolute Gasteiger partial charge is 0.303 e. The van der Waals surface area contributed by atoms with Crippen LogP contribution in [0.1, 0.15) is 37.3 Å². The predicted octanol–water partition coefficient (Wildman–Crippen LogP) is 5.03. The third kappa shape index (κ3) is 3.48. The van der Waals surface area contributed by atoms with Gasteiger partial charge in [0.05, 0.1) is 0 Å². The molecule has 0 N–H and O–H groups in total. The molecular weight excluding hydrogens is 296 g/mol. The molecule has 0 aromatic heterocycles. The van der Waals surface area contributed by atoms with Gasteiger partial charge in [-0.15, -0.1) is 0 Å². The SMILES string of the molecule is CC(=O)OC(C)C1=C(C(c2ccccc2)c2ccccc2)CC=C1. The molecule has 2 nitrogen and oxygen atoms in total. The van der Waals surface area contributed by atoms with Gasteiger partial charge in [0.1, 0.15) is 6.10 Å². The molecule has 0 amide bonds. The van der Waals surface area contributed by atoms with Crippen LogP contribution in [0.5, 0.6) is 0 Å². The first-order valence-electron chi connectivity index (χ1n) is 8.33. The standard InChI is InChI=1S/C22H22O2/c1-16(24-17(2)23)20-14-9-15-21(20)22(18-10-5-3-6-11-18)19-12-7-4-8-13-19/h3-14,16,22H,15H2,1-2H3. The summed E-state index contributed by atoms with van der Waals surface area (Å²) < 4.78 is 5.44. The number of hydrogen-bond acceptors (Lipinski definition) is 2. The van der Waals surface area contributed by atoms with Gasteiger partial charge in [0.2, 0.25) is 0 Å². The van der Waals surface area contributed by atoms with Crippen LogP contribution in [0.15, 0.2) is 84.0 Å². The van der Waals surface area contributed by atoms with Crippen LogP contribution < -0.4 is 0 Å². The highest BCUT2D eigenvalue weighted by molar-refractivity contribution is 5.67. The maximum atomic E-state index is 11.4. The average molecular weight is 318 g/mol. The van der Waals surface area contributed by atoms with E-state index in [-0.39, 0.29) is 18.0 Å². The lowest BCUT2D eigenvalue weighted by Crippen LogP contribution is -2.16. The molecule has 3 rings (SSSR count). The highest BCUT2D eigenvalue weighted by Crippen LogP contribution is 2.39. The Labute approximate surface area is 143 Å². The molecule has 1 atom stereocenters. The Morgan fingerprint density at radius 3 is 2.00 bits per heavy atom. The van der Waals surface area contributed by atoms with Gasteiger partial charge < -0.3 is 4.74 Å². The normalized spacial score (nSPS) is 15.0. The molecule has 2 aromatic carbocycles. The summed E-state index contributed by atoms with van der Waals surface area (Å²) in [6, 6.07) is 21.0. The number of ether oxygens (including phenoxy) is 1. The second kappa shape index (κ2) is 7.31. The summed E-state index contributed by atoms with van der Waals surface area (Å²) in [6.07, 6.45) is 4.91. The van der Waals surface area contributed by atoms with Crippen molar-refractivity contribution in [2.24, 2.45) is 0 Å². The van der Waals surface area contributed by atoms with E-state index >= 15 is 0 Å². The number of benzene rings is 2. The van der Waals surface area contributed by atoms with Crippen LogP contribution in [0.3, 0.4) is 0 Å². The molecule has 0 saturated carbocycles. The van der Waals surface area contributed by atoms with Crippen molar-refractivity contribution in [2.45, 2.75) is 32.3 Å². The van der Waals surface area contributed by atoms with Gasteiger partial charge >= 0.3 is 5.97 Å². The van der Waals surface area contributed by atoms with Crippen molar-refractivity contribution in [1.29, 1.82) is 0 Å². The number of rotatable bonds is 5. The molecule has 122 valence electrons. The Morgan fingerprint density at radius 1 is 0.958 bits per heavy atom. The third-order valence-corrected chi connectivity index (χ3v) is 4.40. The van der Waals surface area contributed by atoms with Crippen molar-refractivity contribution in [3.63, 3.8) is 0 Å². The van der Waals surface area contributed by atoms with E-state index in [1.54, 1.807) is 0 Å². The van der Waals surface area contributed by atoms with Gasteiger partial charge in [0, 0.05) is 12.8 Å². The van der Waals surface area contributed by atoms with Gasteiger partial charge in [0.25, 0.3) is 0 Å². The van der Waals surface area contributed by atoms with E-state index in [0.29, 0.717) is 0 Å². The van der Waals surface area contributed by atoms with Crippen LogP contribution in [-0.4, -0.2) is 12.1 Å². The van der Waals surface area contributed by atoms with E-state index < -0.39 is 0 Å². The van der Waals surface area contributed by atoms with Crippen molar-refractivity contribution in [1.82, 2.24) is 0 Å². The molecule has 1 unspecified atom stereocenters. The maximum Gasteiger partial charge on any atom is 0.303 e. The van der Waals surface area contributed by atoms with Crippen molar-refractivity contribution in [3.05, 3.63) is 95.1 Å². The molecule has 1 aliphatic carbocycles. The van der Waals surface area contributed by atoms with Gasteiger partial charge in [-0.05, 0) is 35.6 Å². The maximum absolute atomic E-state index is 11.4. The van der Waals surface area contributed by atoms with Crippen LogP contribution in [0.25, 0.3) is 0 Å². The Hall–Kier alpha value is -2.61. The molecular formula is C22H22O2. The second-order valence-electron chi connectivity index (χ2n) is 6.09. The molecule has 0 aliphatic heterocycles. The monoisotopic (exact) mass is 318 g/mol. The highest BCUT2D eigenvalue weighted by Gasteiger charge is 2.26. The minimum atomic E-state index is -0.245. The Balaban J connectivity index is 2.07. The summed E-state index contributed by atoms with van der Waals surface area (Å²) in [7, 11) is 0. The fraction of sp³-hybridized carbons (Fsp3) is 0.227. The summed E-state index contributed by atoms with van der Waals surface area (Å²) in [6.45, 7) is 3.40. The van der Waals surface area contributed by atoms with Gasteiger partial charge in [-0.25, -0.2) is 0 Å². The van der Waals surface area contributed by atoms with Crippen LogP contribution in [0.4, 0.5) is 0 Å². The summed E-state index contributed by atoms with van der Waals surface area (Å²) in [5.41, 5.74) is 4.94. The highest BCUT2D eigenvalue weighted by atomic mass is 16.5. The molecule has 1 aliphatic rings. The van der Waals surface area contributed by atoms with Crippen molar-refractivity contribution in [3.8, 4) is 0 Å².